The van der Waals surface area contributed by atoms with Gasteiger partial charge in [0, 0.05) is 17.3 Å². The molecule has 2 aliphatic rings. The number of benzene rings is 4. The largest absolute Gasteiger partial charge is 0.506 e. The number of carbonyl (C=O) groups excluding carboxylic acids is 1. The summed E-state index contributed by atoms with van der Waals surface area (Å²) in [5, 5.41) is 14.2. The number of para-hydroxylation sites is 1. The fourth-order valence-electron chi connectivity index (χ4n) is 6.94. The molecule has 244 valence electrons. The van der Waals surface area contributed by atoms with Crippen molar-refractivity contribution in [1.29, 1.82) is 0 Å². The van der Waals surface area contributed by atoms with Gasteiger partial charge in [-0.05, 0) is 66.1 Å². The Morgan fingerprint density at radius 2 is 1.72 bits per heavy atom. The highest BCUT2D eigenvalue weighted by Gasteiger charge is 2.49. The van der Waals surface area contributed by atoms with Crippen LogP contribution in [-0.4, -0.2) is 25.2 Å². The van der Waals surface area contributed by atoms with E-state index < -0.39 is 38.8 Å². The Kier molecular flexibility index (Phi) is 8.57. The summed E-state index contributed by atoms with van der Waals surface area (Å²) in [7, 11) is -4.17. The highest BCUT2D eigenvalue weighted by molar-refractivity contribution is 7.95. The summed E-state index contributed by atoms with van der Waals surface area (Å²) >= 11 is 0. The van der Waals surface area contributed by atoms with Crippen LogP contribution in [0.3, 0.4) is 0 Å². The zero-order chi connectivity index (χ0) is 33.5. The second-order valence-electron chi connectivity index (χ2n) is 13.0. The number of phenolic OH excluding ortho intramolecular Hbond substituents is 1. The molecule has 4 aromatic carbocycles. The van der Waals surface area contributed by atoms with E-state index in [9.17, 15) is 18.3 Å². The van der Waals surface area contributed by atoms with Crippen molar-refractivity contribution in [3.8, 4) is 11.5 Å². The predicted octanol–water partition coefficient (Wildman–Crippen LogP) is 8.15. The predicted molar refractivity (Wildman–Crippen MR) is 178 cm³/mol. The minimum atomic E-state index is -4.17. The molecule has 0 spiro atoms. The Bertz CT molecular complexity index is 1980. The standard InChI is InChI=1S/C37H36F2N2O5S/c1-23(2)19-37(3)20-30-35(47(44,45)22-37)34(26-17-16-25(18-29(26)39)46-21-24-10-5-4-6-11-24)41(31-14-9-15-32(42)33(31)40-30)36(43)27-12-7-8-13-28(27)38/h4-18,23,34,40,42H,19-22H2,1-3H3. The van der Waals surface area contributed by atoms with Crippen LogP contribution in [0.5, 0.6) is 11.5 Å². The van der Waals surface area contributed by atoms with Gasteiger partial charge in [-0.3, -0.25) is 9.69 Å². The number of rotatable bonds is 7. The van der Waals surface area contributed by atoms with E-state index in [-0.39, 0.29) is 69.3 Å². The quantitative estimate of drug-likeness (QED) is 0.195. The number of amides is 1. The zero-order valence-electron chi connectivity index (χ0n) is 26.3. The molecule has 0 aromatic heterocycles. The van der Waals surface area contributed by atoms with Gasteiger partial charge in [-0.2, -0.15) is 0 Å². The van der Waals surface area contributed by atoms with Gasteiger partial charge in [0.25, 0.3) is 5.91 Å². The van der Waals surface area contributed by atoms with Crippen LogP contribution in [0, 0.1) is 23.0 Å². The first-order chi connectivity index (χ1) is 22.4. The van der Waals surface area contributed by atoms with Crippen LogP contribution in [-0.2, 0) is 16.4 Å². The maximum Gasteiger partial charge on any atom is 0.262 e. The first kappa shape index (κ1) is 32.2. The minimum Gasteiger partial charge on any atom is -0.506 e. The number of nitrogens with one attached hydrogen (secondary N) is 1. The van der Waals surface area contributed by atoms with Crippen LogP contribution >= 0.6 is 0 Å². The lowest BCUT2D eigenvalue weighted by molar-refractivity contribution is 0.0976. The molecular weight excluding hydrogens is 622 g/mol. The van der Waals surface area contributed by atoms with Crippen LogP contribution in [0.25, 0.3) is 0 Å². The lowest BCUT2D eigenvalue weighted by Gasteiger charge is -2.40. The van der Waals surface area contributed by atoms with Crippen LogP contribution in [0.2, 0.25) is 0 Å². The molecule has 10 heteroatoms. The fourth-order valence-corrected chi connectivity index (χ4v) is 9.31. The third-order valence-electron chi connectivity index (χ3n) is 8.58. The van der Waals surface area contributed by atoms with Crippen molar-refractivity contribution in [2.24, 2.45) is 11.3 Å². The Hall–Kier alpha value is -4.70. The second-order valence-corrected chi connectivity index (χ2v) is 15.0. The van der Waals surface area contributed by atoms with Gasteiger partial charge in [-0.15, -0.1) is 0 Å². The molecule has 0 fully saturated rings. The van der Waals surface area contributed by atoms with Crippen molar-refractivity contribution < 1.29 is 31.8 Å². The SMILES string of the molecule is CC(C)CC1(C)CC2=C(C(c3ccc(OCc4ccccc4)cc3F)N(C(=O)c3ccccc3F)c3cccc(O)c3N2)S(=O)(=O)C1. The van der Waals surface area contributed by atoms with Gasteiger partial charge in [-0.1, -0.05) is 69.3 Å². The normalized spacial score (nSPS) is 20.2. The first-order valence-electron chi connectivity index (χ1n) is 15.5. The van der Waals surface area contributed by atoms with E-state index in [2.05, 4.69) is 5.32 Å². The van der Waals surface area contributed by atoms with Gasteiger partial charge in [-0.25, -0.2) is 17.2 Å². The van der Waals surface area contributed by atoms with E-state index in [1.807, 2.05) is 51.1 Å². The van der Waals surface area contributed by atoms with E-state index >= 15 is 8.78 Å². The number of sulfone groups is 1. The first-order valence-corrected chi connectivity index (χ1v) is 17.1. The number of hydrogen-bond donors (Lipinski definition) is 2. The second kappa shape index (κ2) is 12.5. The number of carbonyl (C=O) groups is 1. The summed E-state index contributed by atoms with van der Waals surface area (Å²) in [6, 6.07) is 21.6. The summed E-state index contributed by atoms with van der Waals surface area (Å²) < 4.78 is 66.4. The molecule has 0 bridgehead atoms. The van der Waals surface area contributed by atoms with Gasteiger partial charge >= 0.3 is 0 Å². The molecule has 2 unspecified atom stereocenters. The third kappa shape index (κ3) is 6.34. The lowest BCUT2D eigenvalue weighted by Crippen LogP contribution is -2.42. The van der Waals surface area contributed by atoms with Crippen molar-refractivity contribution in [2.75, 3.05) is 16.0 Å². The molecule has 47 heavy (non-hydrogen) atoms. The number of fused-ring (bicyclic) bond motifs is 1. The Morgan fingerprint density at radius 3 is 2.43 bits per heavy atom. The average molecular weight is 659 g/mol. The van der Waals surface area contributed by atoms with Crippen molar-refractivity contribution in [3.63, 3.8) is 0 Å². The van der Waals surface area contributed by atoms with E-state index in [4.69, 9.17) is 4.74 Å². The van der Waals surface area contributed by atoms with E-state index in [0.29, 0.717) is 6.42 Å². The summed E-state index contributed by atoms with van der Waals surface area (Å²) in [5.74, 6) is -2.64. The van der Waals surface area contributed by atoms with Crippen LogP contribution in [0.4, 0.5) is 20.2 Å². The topological polar surface area (TPSA) is 95.9 Å². The number of aromatic hydroxyl groups is 1. The molecule has 6 rings (SSSR count). The summed E-state index contributed by atoms with van der Waals surface area (Å²) in [5.41, 5.74) is 0.117. The molecule has 0 aliphatic carbocycles. The minimum absolute atomic E-state index is 0.0689. The summed E-state index contributed by atoms with van der Waals surface area (Å²) in [6.45, 7) is 6.09. The number of phenols is 1. The van der Waals surface area contributed by atoms with E-state index in [1.54, 1.807) is 0 Å². The summed E-state index contributed by atoms with van der Waals surface area (Å²) in [4.78, 5) is 15.3. The zero-order valence-corrected chi connectivity index (χ0v) is 27.2. The smallest absolute Gasteiger partial charge is 0.262 e. The number of anilines is 2. The molecule has 2 N–H and O–H groups in total. The monoisotopic (exact) mass is 658 g/mol. The Labute approximate surface area is 273 Å². The number of allylic oxidation sites excluding steroid dienone is 1. The maximum absolute atomic E-state index is 16.4. The highest BCUT2D eigenvalue weighted by atomic mass is 32.2. The van der Waals surface area contributed by atoms with Gasteiger partial charge in [0.1, 0.15) is 41.5 Å². The molecule has 1 amide bonds. The maximum atomic E-state index is 16.4. The van der Waals surface area contributed by atoms with Crippen molar-refractivity contribution >= 4 is 27.1 Å². The molecule has 0 radical (unpaired) electrons. The number of hydrogen-bond acceptors (Lipinski definition) is 6. The average Bonchev–Trinajstić information content (AvgIpc) is 3.15. The molecule has 0 saturated carbocycles. The van der Waals surface area contributed by atoms with Gasteiger partial charge < -0.3 is 15.2 Å². The van der Waals surface area contributed by atoms with E-state index in [0.717, 1.165) is 22.6 Å². The third-order valence-corrected chi connectivity index (χ3v) is 10.8. The lowest BCUT2D eigenvalue weighted by atomic mass is 9.79. The van der Waals surface area contributed by atoms with Gasteiger partial charge in [0.2, 0.25) is 0 Å². The van der Waals surface area contributed by atoms with Crippen molar-refractivity contribution in [1.82, 2.24) is 0 Å². The summed E-state index contributed by atoms with van der Waals surface area (Å²) in [6.07, 6.45) is 0.842. The molecular formula is C37H36F2N2O5S. The van der Waals surface area contributed by atoms with Gasteiger partial charge in [0.15, 0.2) is 9.84 Å². The molecule has 2 atom stereocenters. The van der Waals surface area contributed by atoms with Gasteiger partial charge in [0.05, 0.1) is 21.9 Å². The van der Waals surface area contributed by atoms with Crippen molar-refractivity contribution in [3.05, 3.63) is 130 Å². The molecule has 0 saturated heterocycles. The number of halogens is 2. The number of nitrogens with zero attached hydrogens (tertiary/aromatic N) is 1. The Morgan fingerprint density at radius 1 is 1.00 bits per heavy atom. The fraction of sp³-hybridized carbons (Fsp3) is 0.270. The van der Waals surface area contributed by atoms with Crippen LogP contribution in [0.1, 0.15) is 61.1 Å². The molecule has 7 nitrogen and oxygen atoms in total. The molecule has 2 aliphatic heterocycles. The highest BCUT2D eigenvalue weighted by Crippen LogP contribution is 2.53. The van der Waals surface area contributed by atoms with Crippen LogP contribution < -0.4 is 15.0 Å². The Balaban J connectivity index is 1.57. The van der Waals surface area contributed by atoms with Crippen LogP contribution in [0.15, 0.2) is 102 Å². The molecule has 4 aromatic rings. The van der Waals surface area contributed by atoms with E-state index in [1.165, 1.54) is 48.5 Å². The van der Waals surface area contributed by atoms with Crippen molar-refractivity contribution in [2.45, 2.75) is 46.3 Å². The number of ether oxygens (including phenoxy) is 1. The molecule has 2 heterocycles.